The Morgan fingerprint density at radius 3 is 2.67 bits per heavy atom. The lowest BCUT2D eigenvalue weighted by atomic mass is 10.2. The number of carbonyl (C=O) groups is 1. The van der Waals surface area contributed by atoms with E-state index in [1.165, 1.54) is 0 Å². The summed E-state index contributed by atoms with van der Waals surface area (Å²) in [7, 11) is 0. The first-order valence-corrected chi connectivity index (χ1v) is 6.54. The molecule has 4 nitrogen and oxygen atoms in total. The maximum atomic E-state index is 12.2. The monoisotopic (exact) mass is 290 g/mol. The van der Waals surface area contributed by atoms with E-state index in [9.17, 15) is 4.79 Å². The minimum Gasteiger partial charge on any atom is -0.380 e. The fourth-order valence-electron chi connectivity index (χ4n) is 1.46. The van der Waals surface area contributed by atoms with E-state index in [4.69, 9.17) is 27.9 Å². The molecule has 18 heavy (non-hydrogen) atoms. The minimum atomic E-state index is -0.161. The highest BCUT2D eigenvalue weighted by atomic mass is 35.5. The lowest BCUT2D eigenvalue weighted by Gasteiger charge is -2.21. The van der Waals surface area contributed by atoms with Gasteiger partial charge in [0.05, 0.1) is 12.2 Å². The van der Waals surface area contributed by atoms with Crippen LogP contribution in [0.4, 0.5) is 0 Å². The van der Waals surface area contributed by atoms with Crippen molar-refractivity contribution in [3.8, 4) is 0 Å². The molecule has 0 aromatic carbocycles. The Kier molecular flexibility index (Phi) is 6.39. The third-order valence-corrected chi connectivity index (χ3v) is 2.92. The van der Waals surface area contributed by atoms with Crippen LogP contribution in [0, 0.1) is 0 Å². The zero-order valence-electron chi connectivity index (χ0n) is 10.4. The maximum Gasteiger partial charge on any atom is 0.257 e. The molecule has 1 aromatic heterocycles. The molecule has 6 heteroatoms. The van der Waals surface area contributed by atoms with Crippen LogP contribution in [-0.4, -0.2) is 42.1 Å². The molecule has 0 N–H and O–H groups in total. The minimum absolute atomic E-state index is 0.127. The number of nitrogens with zero attached hydrogens (tertiary/aromatic N) is 2. The fraction of sp³-hybridized carbons (Fsp3) is 0.500. The summed E-state index contributed by atoms with van der Waals surface area (Å²) in [6.45, 7) is 6.08. The summed E-state index contributed by atoms with van der Waals surface area (Å²) in [4.78, 5) is 17.7. The molecule has 0 radical (unpaired) electrons. The Morgan fingerprint density at radius 2 is 2.11 bits per heavy atom. The van der Waals surface area contributed by atoms with Crippen LogP contribution < -0.4 is 0 Å². The molecule has 1 amide bonds. The first-order chi connectivity index (χ1) is 8.60. The molecule has 0 aliphatic heterocycles. The molecule has 0 spiro atoms. The zero-order valence-corrected chi connectivity index (χ0v) is 12.0. The topological polar surface area (TPSA) is 42.4 Å². The van der Waals surface area contributed by atoms with Gasteiger partial charge in [0, 0.05) is 19.7 Å². The van der Waals surface area contributed by atoms with Crippen molar-refractivity contribution < 1.29 is 9.53 Å². The lowest BCUT2D eigenvalue weighted by Crippen LogP contribution is -2.34. The highest BCUT2D eigenvalue weighted by Crippen LogP contribution is 2.18. The highest BCUT2D eigenvalue weighted by molar-refractivity contribution is 6.34. The van der Waals surface area contributed by atoms with Crippen LogP contribution in [0.15, 0.2) is 12.1 Å². The Labute approximate surface area is 117 Å². The third-order valence-electron chi connectivity index (χ3n) is 2.42. The predicted octanol–water partition coefficient (Wildman–Crippen LogP) is 2.89. The third kappa shape index (κ3) is 4.12. The number of amides is 1. The van der Waals surface area contributed by atoms with E-state index in [2.05, 4.69) is 4.98 Å². The van der Waals surface area contributed by atoms with Gasteiger partial charge < -0.3 is 9.64 Å². The maximum absolute atomic E-state index is 12.2. The molecule has 1 heterocycles. The largest absolute Gasteiger partial charge is 0.380 e. The number of carbonyl (C=O) groups excluding carboxylic acids is 1. The normalized spacial score (nSPS) is 10.4. The van der Waals surface area contributed by atoms with E-state index >= 15 is 0 Å². The Morgan fingerprint density at radius 1 is 1.39 bits per heavy atom. The number of hydrogen-bond donors (Lipinski definition) is 0. The van der Waals surface area contributed by atoms with E-state index in [1.807, 2.05) is 13.8 Å². The van der Waals surface area contributed by atoms with E-state index in [0.29, 0.717) is 31.9 Å². The number of aromatic nitrogens is 1. The standard InChI is InChI=1S/C12H16Cl2N2O2/c1-3-16(7-8-18-4-2)12(17)9-5-6-10(13)15-11(9)14/h5-6H,3-4,7-8H2,1-2H3. The summed E-state index contributed by atoms with van der Waals surface area (Å²) in [5.41, 5.74) is 0.361. The zero-order chi connectivity index (χ0) is 13.5. The van der Waals surface area contributed by atoms with E-state index in [1.54, 1.807) is 17.0 Å². The second-order valence-electron chi connectivity index (χ2n) is 3.55. The summed E-state index contributed by atoms with van der Waals surface area (Å²) in [5, 5.41) is 0.399. The molecule has 0 aliphatic carbocycles. The molecule has 1 rings (SSSR count). The number of rotatable bonds is 6. The van der Waals surface area contributed by atoms with Crippen molar-refractivity contribution in [2.45, 2.75) is 13.8 Å². The molecule has 0 unspecified atom stereocenters. The average Bonchev–Trinajstić information content (AvgIpc) is 2.34. The van der Waals surface area contributed by atoms with Crippen molar-refractivity contribution in [1.82, 2.24) is 9.88 Å². The quantitative estimate of drug-likeness (QED) is 0.598. The van der Waals surface area contributed by atoms with Crippen molar-refractivity contribution in [3.05, 3.63) is 28.0 Å². The molecular formula is C12H16Cl2N2O2. The first kappa shape index (κ1) is 15.2. The van der Waals surface area contributed by atoms with E-state index in [-0.39, 0.29) is 16.2 Å². The Balaban J connectivity index is 2.76. The summed E-state index contributed by atoms with van der Waals surface area (Å²) >= 11 is 11.6. The first-order valence-electron chi connectivity index (χ1n) is 5.79. The van der Waals surface area contributed by atoms with Gasteiger partial charge in [-0.3, -0.25) is 4.79 Å². The molecule has 1 aromatic rings. The summed E-state index contributed by atoms with van der Waals surface area (Å²) in [6.07, 6.45) is 0. The summed E-state index contributed by atoms with van der Waals surface area (Å²) in [5.74, 6) is -0.161. The number of pyridine rings is 1. The van der Waals surface area contributed by atoms with Gasteiger partial charge in [-0.15, -0.1) is 0 Å². The number of likely N-dealkylation sites (N-methyl/N-ethyl adjacent to an activating group) is 1. The van der Waals surface area contributed by atoms with Crippen LogP contribution in [0.3, 0.4) is 0 Å². The van der Waals surface area contributed by atoms with Crippen LogP contribution in [0.1, 0.15) is 24.2 Å². The van der Waals surface area contributed by atoms with Gasteiger partial charge in [0.25, 0.3) is 5.91 Å². The van der Waals surface area contributed by atoms with Crippen LogP contribution >= 0.6 is 23.2 Å². The van der Waals surface area contributed by atoms with Gasteiger partial charge in [0.2, 0.25) is 0 Å². The summed E-state index contributed by atoms with van der Waals surface area (Å²) in [6, 6.07) is 3.14. The molecule has 0 fully saturated rings. The smallest absolute Gasteiger partial charge is 0.257 e. The van der Waals surface area contributed by atoms with Crippen molar-refractivity contribution in [2.75, 3.05) is 26.3 Å². The number of halogens is 2. The number of ether oxygens (including phenoxy) is 1. The highest BCUT2D eigenvalue weighted by Gasteiger charge is 2.17. The molecule has 0 atom stereocenters. The molecular weight excluding hydrogens is 275 g/mol. The SMILES string of the molecule is CCOCCN(CC)C(=O)c1ccc(Cl)nc1Cl. The Hall–Kier alpha value is -0.840. The van der Waals surface area contributed by atoms with E-state index in [0.717, 1.165) is 0 Å². The van der Waals surface area contributed by atoms with Crippen LogP contribution in [0.2, 0.25) is 10.3 Å². The van der Waals surface area contributed by atoms with Crippen molar-refractivity contribution >= 4 is 29.1 Å². The molecule has 0 aliphatic rings. The van der Waals surface area contributed by atoms with Gasteiger partial charge in [0.1, 0.15) is 10.3 Å². The van der Waals surface area contributed by atoms with E-state index < -0.39 is 0 Å². The molecule has 0 saturated carbocycles. The average molecular weight is 291 g/mol. The molecule has 0 bridgehead atoms. The number of hydrogen-bond acceptors (Lipinski definition) is 3. The van der Waals surface area contributed by atoms with Gasteiger partial charge >= 0.3 is 0 Å². The van der Waals surface area contributed by atoms with Gasteiger partial charge in [0.15, 0.2) is 0 Å². The van der Waals surface area contributed by atoms with Crippen molar-refractivity contribution in [2.24, 2.45) is 0 Å². The second-order valence-corrected chi connectivity index (χ2v) is 4.30. The molecule has 0 saturated heterocycles. The van der Waals surface area contributed by atoms with Crippen LogP contribution in [0.5, 0.6) is 0 Å². The van der Waals surface area contributed by atoms with Crippen molar-refractivity contribution in [1.29, 1.82) is 0 Å². The van der Waals surface area contributed by atoms with Gasteiger partial charge in [-0.1, -0.05) is 23.2 Å². The lowest BCUT2D eigenvalue weighted by molar-refractivity contribution is 0.0669. The van der Waals surface area contributed by atoms with Crippen molar-refractivity contribution in [3.63, 3.8) is 0 Å². The summed E-state index contributed by atoms with van der Waals surface area (Å²) < 4.78 is 5.24. The van der Waals surface area contributed by atoms with Gasteiger partial charge in [-0.2, -0.15) is 0 Å². The van der Waals surface area contributed by atoms with Crippen LogP contribution in [-0.2, 0) is 4.74 Å². The predicted molar refractivity (Wildman–Crippen MR) is 72.3 cm³/mol. The fourth-order valence-corrected chi connectivity index (χ4v) is 1.89. The second kappa shape index (κ2) is 7.56. The Bertz CT molecular complexity index is 413. The van der Waals surface area contributed by atoms with Crippen LogP contribution in [0.25, 0.3) is 0 Å². The molecule has 100 valence electrons. The van der Waals surface area contributed by atoms with Gasteiger partial charge in [-0.05, 0) is 26.0 Å². The van der Waals surface area contributed by atoms with Gasteiger partial charge in [-0.25, -0.2) is 4.98 Å².